The van der Waals surface area contributed by atoms with Crippen LogP contribution in [-0.2, 0) is 5.41 Å². The number of para-hydroxylation sites is 1. The highest BCUT2D eigenvalue weighted by Crippen LogP contribution is 2.44. The number of rotatable bonds is 5. The second-order valence-corrected chi connectivity index (χ2v) is 8.63. The van der Waals surface area contributed by atoms with Crippen molar-refractivity contribution in [1.82, 2.24) is 5.32 Å². The minimum absolute atomic E-state index is 0.0349. The summed E-state index contributed by atoms with van der Waals surface area (Å²) in [4.78, 5) is 27.1. The maximum Gasteiger partial charge on any atom is 0.287 e. The summed E-state index contributed by atoms with van der Waals surface area (Å²) < 4.78 is 5.65. The zero-order valence-electron chi connectivity index (χ0n) is 15.7. The molecule has 0 bridgehead atoms. The Morgan fingerprint density at radius 3 is 2.71 bits per heavy atom. The fourth-order valence-electron chi connectivity index (χ4n) is 3.98. The van der Waals surface area contributed by atoms with E-state index in [0.29, 0.717) is 17.5 Å². The third-order valence-corrected chi connectivity index (χ3v) is 7.07. The van der Waals surface area contributed by atoms with Gasteiger partial charge in [-0.3, -0.25) is 9.59 Å². The molecule has 4 rings (SSSR count). The van der Waals surface area contributed by atoms with Crippen LogP contribution in [0.1, 0.15) is 59.0 Å². The molecule has 6 heteroatoms. The number of aliphatic hydroxyl groups excluding tert-OH is 1. The molecule has 146 valence electrons. The molecule has 1 saturated carbocycles. The first-order valence-electron chi connectivity index (χ1n) is 9.58. The van der Waals surface area contributed by atoms with Crippen LogP contribution in [0.3, 0.4) is 0 Å². The highest BCUT2D eigenvalue weighted by molar-refractivity contribution is 7.12. The van der Waals surface area contributed by atoms with Gasteiger partial charge in [0, 0.05) is 27.8 Å². The summed E-state index contributed by atoms with van der Waals surface area (Å²) in [7, 11) is 0. The first-order valence-corrected chi connectivity index (χ1v) is 10.4. The molecule has 3 aromatic rings. The Morgan fingerprint density at radius 2 is 2.00 bits per heavy atom. The van der Waals surface area contributed by atoms with Crippen molar-refractivity contribution in [2.45, 2.75) is 44.1 Å². The van der Waals surface area contributed by atoms with Gasteiger partial charge in [-0.05, 0) is 44.0 Å². The average Bonchev–Trinajstić information content (AvgIpc) is 3.36. The molecule has 2 heterocycles. The summed E-state index contributed by atoms with van der Waals surface area (Å²) >= 11 is 1.61. The molecule has 0 saturated heterocycles. The van der Waals surface area contributed by atoms with Gasteiger partial charge in [0.2, 0.25) is 0 Å². The molecule has 0 radical (unpaired) electrons. The summed E-state index contributed by atoms with van der Waals surface area (Å²) in [6.07, 6.45) is 3.73. The monoisotopic (exact) mass is 397 g/mol. The molecule has 2 N–H and O–H groups in total. The zero-order chi connectivity index (χ0) is 19.7. The fraction of sp³-hybridized carbons (Fsp3) is 0.364. The predicted molar refractivity (Wildman–Crippen MR) is 110 cm³/mol. The van der Waals surface area contributed by atoms with E-state index in [1.54, 1.807) is 42.5 Å². The van der Waals surface area contributed by atoms with Crippen LogP contribution < -0.4 is 10.7 Å². The number of aliphatic hydroxyl groups is 1. The van der Waals surface area contributed by atoms with Crippen LogP contribution in [0.5, 0.6) is 0 Å². The minimum atomic E-state index is -0.487. The van der Waals surface area contributed by atoms with Gasteiger partial charge < -0.3 is 14.8 Å². The van der Waals surface area contributed by atoms with Gasteiger partial charge in [-0.25, -0.2) is 0 Å². The number of carbonyl (C=O) groups is 1. The third-order valence-electron chi connectivity index (χ3n) is 5.57. The van der Waals surface area contributed by atoms with Gasteiger partial charge in [0.15, 0.2) is 11.2 Å². The maximum absolute atomic E-state index is 12.7. The zero-order valence-corrected chi connectivity index (χ0v) is 16.6. The number of thiophene rings is 1. The van der Waals surface area contributed by atoms with Crippen molar-refractivity contribution in [2.24, 2.45) is 0 Å². The van der Waals surface area contributed by atoms with Crippen molar-refractivity contribution in [3.05, 3.63) is 68.2 Å². The number of amides is 1. The summed E-state index contributed by atoms with van der Waals surface area (Å²) in [5, 5.41) is 13.3. The average molecular weight is 397 g/mol. The minimum Gasteiger partial charge on any atom is -0.451 e. The highest BCUT2D eigenvalue weighted by atomic mass is 32.1. The number of carbonyl (C=O) groups excluding carboxylic acids is 1. The van der Waals surface area contributed by atoms with Crippen molar-refractivity contribution < 1.29 is 14.3 Å². The van der Waals surface area contributed by atoms with Crippen molar-refractivity contribution in [1.29, 1.82) is 0 Å². The molecule has 1 fully saturated rings. The number of nitrogens with one attached hydrogen (secondary N) is 1. The molecule has 1 amide bonds. The second-order valence-electron chi connectivity index (χ2n) is 7.52. The van der Waals surface area contributed by atoms with E-state index in [4.69, 9.17) is 4.42 Å². The van der Waals surface area contributed by atoms with Gasteiger partial charge in [0.25, 0.3) is 5.91 Å². The van der Waals surface area contributed by atoms with Crippen LogP contribution in [0.2, 0.25) is 0 Å². The SMILES string of the molecule is CC(O)c1ccc(C2(CNC(=O)c3cc(=O)c4ccccc4o3)CCCC2)s1. The fourth-order valence-corrected chi connectivity index (χ4v) is 5.17. The van der Waals surface area contributed by atoms with Crippen molar-refractivity contribution in [2.75, 3.05) is 6.54 Å². The number of hydrogen-bond donors (Lipinski definition) is 2. The van der Waals surface area contributed by atoms with Crippen molar-refractivity contribution in [3.63, 3.8) is 0 Å². The van der Waals surface area contributed by atoms with Gasteiger partial charge >= 0.3 is 0 Å². The van der Waals surface area contributed by atoms with Gasteiger partial charge in [-0.1, -0.05) is 25.0 Å². The molecule has 1 aliphatic rings. The van der Waals surface area contributed by atoms with Crippen LogP contribution in [0.25, 0.3) is 11.0 Å². The quantitative estimate of drug-likeness (QED) is 0.678. The predicted octanol–water partition coefficient (Wildman–Crippen LogP) is 4.15. The van der Waals surface area contributed by atoms with Gasteiger partial charge in [0.1, 0.15) is 5.58 Å². The maximum atomic E-state index is 12.7. The van der Waals surface area contributed by atoms with Gasteiger partial charge in [-0.15, -0.1) is 11.3 Å². The van der Waals surface area contributed by atoms with Gasteiger partial charge in [-0.2, -0.15) is 0 Å². The second kappa shape index (κ2) is 7.53. The van der Waals surface area contributed by atoms with E-state index in [1.165, 1.54) is 10.9 Å². The summed E-state index contributed by atoms with van der Waals surface area (Å²) in [5.41, 5.74) is 0.0721. The number of fused-ring (bicyclic) bond motifs is 1. The van der Waals surface area contributed by atoms with E-state index in [-0.39, 0.29) is 22.5 Å². The summed E-state index contributed by atoms with van der Waals surface area (Å²) in [5.74, 6) is -0.339. The number of hydrogen-bond acceptors (Lipinski definition) is 5. The van der Waals surface area contributed by atoms with Crippen molar-refractivity contribution in [3.8, 4) is 0 Å². The Kier molecular flexibility index (Phi) is 5.08. The molecule has 2 aromatic heterocycles. The Balaban J connectivity index is 1.56. The van der Waals surface area contributed by atoms with E-state index in [0.717, 1.165) is 30.6 Å². The molecule has 0 spiro atoms. The van der Waals surface area contributed by atoms with Crippen LogP contribution in [0.4, 0.5) is 0 Å². The smallest absolute Gasteiger partial charge is 0.287 e. The lowest BCUT2D eigenvalue weighted by Gasteiger charge is -2.28. The Hall–Kier alpha value is -2.44. The van der Waals surface area contributed by atoms with Crippen LogP contribution in [0.15, 0.2) is 51.7 Å². The number of benzene rings is 1. The standard InChI is InChI=1S/C22H23NO4S/c1-14(24)19-8-9-20(28-19)22(10-4-5-11-22)13-23-21(26)18-12-16(25)15-6-2-3-7-17(15)27-18/h2-3,6-9,12,14,24H,4-5,10-11,13H2,1H3,(H,23,26). The van der Waals surface area contributed by atoms with Crippen LogP contribution in [-0.4, -0.2) is 17.6 Å². The molecular weight excluding hydrogens is 374 g/mol. The lowest BCUT2D eigenvalue weighted by Crippen LogP contribution is -2.38. The Labute approximate surface area is 167 Å². The Morgan fingerprint density at radius 1 is 1.25 bits per heavy atom. The first kappa shape index (κ1) is 18.9. The lowest BCUT2D eigenvalue weighted by molar-refractivity contribution is 0.0916. The molecule has 5 nitrogen and oxygen atoms in total. The first-order chi connectivity index (χ1) is 13.5. The van der Waals surface area contributed by atoms with Gasteiger partial charge in [0.05, 0.1) is 11.5 Å². The molecule has 1 aromatic carbocycles. The normalized spacial score (nSPS) is 16.9. The molecule has 28 heavy (non-hydrogen) atoms. The third kappa shape index (κ3) is 3.50. The van der Waals surface area contributed by atoms with E-state index in [2.05, 4.69) is 11.4 Å². The van der Waals surface area contributed by atoms with Crippen LogP contribution in [0, 0.1) is 0 Å². The Bertz CT molecular complexity index is 1060. The van der Waals surface area contributed by atoms with Crippen LogP contribution >= 0.6 is 11.3 Å². The largest absolute Gasteiger partial charge is 0.451 e. The van der Waals surface area contributed by atoms with E-state index < -0.39 is 6.10 Å². The molecule has 0 aliphatic heterocycles. The van der Waals surface area contributed by atoms with E-state index >= 15 is 0 Å². The molecule has 1 unspecified atom stereocenters. The van der Waals surface area contributed by atoms with E-state index in [9.17, 15) is 14.7 Å². The molecular formula is C22H23NO4S. The van der Waals surface area contributed by atoms with Crippen molar-refractivity contribution >= 4 is 28.2 Å². The summed E-state index contributed by atoms with van der Waals surface area (Å²) in [6.45, 7) is 2.25. The topological polar surface area (TPSA) is 79.5 Å². The lowest BCUT2D eigenvalue weighted by atomic mass is 9.84. The summed E-state index contributed by atoms with van der Waals surface area (Å²) in [6, 6.07) is 12.2. The molecule has 1 atom stereocenters. The molecule has 1 aliphatic carbocycles. The van der Waals surface area contributed by atoms with E-state index in [1.807, 2.05) is 6.07 Å². The highest BCUT2D eigenvalue weighted by Gasteiger charge is 2.37.